The molecule has 21 heavy (non-hydrogen) atoms. The minimum Gasteiger partial charge on any atom is -0.480 e. The van der Waals surface area contributed by atoms with E-state index in [1.165, 1.54) is 0 Å². The van der Waals surface area contributed by atoms with E-state index in [9.17, 15) is 9.59 Å². The molecule has 0 saturated heterocycles. The molecule has 5 heteroatoms. The third kappa shape index (κ3) is 11.3. The Balaban J connectivity index is 4.29. The maximum Gasteiger partial charge on any atom is 0.332 e. The number of hydrogen-bond acceptors (Lipinski definition) is 4. The molecule has 0 aliphatic carbocycles. The minimum atomic E-state index is -1.09. The summed E-state index contributed by atoms with van der Waals surface area (Å²) in [5, 5.41) is 8.46. The maximum atomic E-state index is 11.7. The third-order valence-electron chi connectivity index (χ3n) is 3.40. The van der Waals surface area contributed by atoms with Crippen LogP contribution in [-0.4, -0.2) is 36.4 Å². The van der Waals surface area contributed by atoms with Crippen LogP contribution < -0.4 is 0 Å². The van der Waals surface area contributed by atoms with E-state index in [1.54, 1.807) is 0 Å². The molecule has 0 bridgehead atoms. The number of carbonyl (C=O) groups excluding carboxylic acids is 1. The summed E-state index contributed by atoms with van der Waals surface area (Å²) >= 11 is 0. The molecule has 0 aromatic rings. The van der Waals surface area contributed by atoms with E-state index in [4.69, 9.17) is 14.6 Å². The second kappa shape index (κ2) is 11.5. The second-order valence-corrected chi connectivity index (χ2v) is 6.01. The number of rotatable bonds is 12. The van der Waals surface area contributed by atoms with Crippen LogP contribution in [0.3, 0.4) is 0 Å². The van der Waals surface area contributed by atoms with Gasteiger partial charge in [0.25, 0.3) is 0 Å². The summed E-state index contributed by atoms with van der Waals surface area (Å²) in [5.41, 5.74) is 0. The van der Waals surface area contributed by atoms with Crippen LogP contribution in [0.25, 0.3) is 0 Å². The maximum absolute atomic E-state index is 11.7. The van der Waals surface area contributed by atoms with Crippen molar-refractivity contribution in [3.63, 3.8) is 0 Å². The van der Waals surface area contributed by atoms with Crippen molar-refractivity contribution in [2.75, 3.05) is 13.2 Å². The van der Waals surface area contributed by atoms with E-state index in [0.717, 1.165) is 32.1 Å². The minimum absolute atomic E-state index is 0.111. The van der Waals surface area contributed by atoms with Gasteiger partial charge in [-0.1, -0.05) is 40.5 Å². The average Bonchev–Trinajstić information content (AvgIpc) is 2.40. The molecule has 0 radical (unpaired) electrons. The SMILES string of the molecule is CCCCC(C)C(CCC(C)C)OC(=O)COCC(=O)O. The first-order valence-corrected chi connectivity index (χ1v) is 7.85. The highest BCUT2D eigenvalue weighted by Gasteiger charge is 2.21. The number of carbonyl (C=O) groups is 2. The highest BCUT2D eigenvalue weighted by Crippen LogP contribution is 2.21. The van der Waals surface area contributed by atoms with Crippen molar-refractivity contribution >= 4 is 11.9 Å². The van der Waals surface area contributed by atoms with Crippen LogP contribution >= 0.6 is 0 Å². The van der Waals surface area contributed by atoms with E-state index < -0.39 is 18.5 Å². The lowest BCUT2D eigenvalue weighted by Gasteiger charge is -2.25. The van der Waals surface area contributed by atoms with Gasteiger partial charge in [0.2, 0.25) is 0 Å². The fraction of sp³-hybridized carbons (Fsp3) is 0.875. The molecule has 0 saturated carbocycles. The lowest BCUT2D eigenvalue weighted by Crippen LogP contribution is -2.28. The van der Waals surface area contributed by atoms with Crippen LogP contribution in [0.1, 0.15) is 59.8 Å². The van der Waals surface area contributed by atoms with Gasteiger partial charge in [-0.15, -0.1) is 0 Å². The molecule has 0 rings (SSSR count). The van der Waals surface area contributed by atoms with Crippen LogP contribution in [-0.2, 0) is 19.1 Å². The van der Waals surface area contributed by atoms with Gasteiger partial charge in [0, 0.05) is 0 Å². The number of carboxylic acid groups (broad SMARTS) is 1. The first kappa shape index (κ1) is 19.9. The molecule has 0 fully saturated rings. The standard InChI is InChI=1S/C16H30O5/c1-5-6-7-13(4)14(9-8-12(2)3)21-16(19)11-20-10-15(17)18/h12-14H,5-11H2,1-4H3,(H,17,18). The Kier molecular flexibility index (Phi) is 10.9. The number of carboxylic acids is 1. The molecule has 0 spiro atoms. The zero-order chi connectivity index (χ0) is 16.3. The number of hydrogen-bond donors (Lipinski definition) is 1. The zero-order valence-corrected chi connectivity index (χ0v) is 13.8. The molecule has 0 amide bonds. The molecule has 0 aromatic heterocycles. The van der Waals surface area contributed by atoms with Gasteiger partial charge < -0.3 is 14.6 Å². The number of unbranched alkanes of at least 4 members (excludes halogenated alkanes) is 1. The largest absolute Gasteiger partial charge is 0.480 e. The van der Waals surface area contributed by atoms with Crippen molar-refractivity contribution in [3.05, 3.63) is 0 Å². The summed E-state index contributed by atoms with van der Waals surface area (Å²) in [4.78, 5) is 22.0. The highest BCUT2D eigenvalue weighted by atomic mass is 16.6. The molecule has 5 nitrogen and oxygen atoms in total. The predicted molar refractivity (Wildman–Crippen MR) is 81.1 cm³/mol. The second-order valence-electron chi connectivity index (χ2n) is 6.01. The monoisotopic (exact) mass is 302 g/mol. The smallest absolute Gasteiger partial charge is 0.332 e. The number of esters is 1. The normalized spacial score (nSPS) is 14.0. The van der Waals surface area contributed by atoms with Gasteiger partial charge in [-0.25, -0.2) is 9.59 Å². The van der Waals surface area contributed by atoms with Crippen LogP contribution in [0, 0.1) is 11.8 Å². The summed E-state index contributed by atoms with van der Waals surface area (Å²) in [6.45, 7) is 7.76. The van der Waals surface area contributed by atoms with Gasteiger partial charge in [-0.05, 0) is 31.1 Å². The van der Waals surface area contributed by atoms with E-state index >= 15 is 0 Å². The molecule has 124 valence electrons. The molecule has 0 aliphatic rings. The van der Waals surface area contributed by atoms with Gasteiger partial charge >= 0.3 is 11.9 Å². The van der Waals surface area contributed by atoms with Crippen molar-refractivity contribution < 1.29 is 24.2 Å². The Morgan fingerprint density at radius 3 is 2.24 bits per heavy atom. The van der Waals surface area contributed by atoms with Crippen molar-refractivity contribution in [1.82, 2.24) is 0 Å². The lowest BCUT2D eigenvalue weighted by atomic mass is 9.92. The Labute approximate surface area is 128 Å². The molecule has 2 atom stereocenters. The van der Waals surface area contributed by atoms with E-state index in [0.29, 0.717) is 11.8 Å². The summed E-state index contributed by atoms with van der Waals surface area (Å²) in [5.74, 6) is -0.691. The van der Waals surface area contributed by atoms with Crippen LogP contribution in [0.2, 0.25) is 0 Å². The fourth-order valence-corrected chi connectivity index (χ4v) is 2.09. The summed E-state index contributed by atoms with van der Waals surface area (Å²) in [6, 6.07) is 0. The Bertz CT molecular complexity index is 301. The zero-order valence-electron chi connectivity index (χ0n) is 13.8. The summed E-state index contributed by atoms with van der Waals surface area (Å²) in [7, 11) is 0. The van der Waals surface area contributed by atoms with Crippen molar-refractivity contribution in [2.24, 2.45) is 11.8 Å². The van der Waals surface area contributed by atoms with E-state index in [-0.39, 0.29) is 12.7 Å². The van der Waals surface area contributed by atoms with Crippen LogP contribution in [0.4, 0.5) is 0 Å². The van der Waals surface area contributed by atoms with Crippen molar-refractivity contribution in [3.8, 4) is 0 Å². The Morgan fingerprint density at radius 2 is 1.71 bits per heavy atom. The van der Waals surface area contributed by atoms with Gasteiger partial charge in [0.15, 0.2) is 0 Å². The average molecular weight is 302 g/mol. The Hall–Kier alpha value is -1.10. The molecular weight excluding hydrogens is 272 g/mol. The first-order chi connectivity index (χ1) is 9.86. The van der Waals surface area contributed by atoms with Crippen LogP contribution in [0.5, 0.6) is 0 Å². The van der Waals surface area contributed by atoms with Gasteiger partial charge in [-0.2, -0.15) is 0 Å². The van der Waals surface area contributed by atoms with Crippen molar-refractivity contribution in [1.29, 1.82) is 0 Å². The number of ether oxygens (including phenoxy) is 2. The predicted octanol–water partition coefficient (Wildman–Crippen LogP) is 3.26. The molecular formula is C16H30O5. The molecule has 1 N–H and O–H groups in total. The first-order valence-electron chi connectivity index (χ1n) is 7.85. The van der Waals surface area contributed by atoms with E-state index in [1.807, 2.05) is 0 Å². The topological polar surface area (TPSA) is 72.8 Å². The highest BCUT2D eigenvalue weighted by molar-refractivity contribution is 5.72. The van der Waals surface area contributed by atoms with Gasteiger partial charge in [0.1, 0.15) is 19.3 Å². The molecule has 0 aliphatic heterocycles. The van der Waals surface area contributed by atoms with Crippen LogP contribution in [0.15, 0.2) is 0 Å². The molecule has 2 unspecified atom stereocenters. The third-order valence-corrected chi connectivity index (χ3v) is 3.40. The summed E-state index contributed by atoms with van der Waals surface area (Å²) < 4.78 is 10.3. The van der Waals surface area contributed by atoms with E-state index in [2.05, 4.69) is 27.7 Å². The number of aliphatic carboxylic acids is 1. The van der Waals surface area contributed by atoms with Gasteiger partial charge in [-0.3, -0.25) is 0 Å². The molecule has 0 heterocycles. The fourth-order valence-electron chi connectivity index (χ4n) is 2.09. The summed E-state index contributed by atoms with van der Waals surface area (Å²) in [6.07, 6.45) is 5.00. The Morgan fingerprint density at radius 1 is 1.05 bits per heavy atom. The van der Waals surface area contributed by atoms with Crippen molar-refractivity contribution in [2.45, 2.75) is 65.9 Å². The lowest BCUT2D eigenvalue weighted by molar-refractivity contribution is -0.159. The molecule has 0 aromatic carbocycles. The van der Waals surface area contributed by atoms with Gasteiger partial charge in [0.05, 0.1) is 0 Å². The quantitative estimate of drug-likeness (QED) is 0.560.